The van der Waals surface area contributed by atoms with E-state index in [0.29, 0.717) is 24.3 Å². The molecule has 17 heavy (non-hydrogen) atoms. The zero-order valence-electron chi connectivity index (χ0n) is 10.1. The molecule has 0 fully saturated rings. The number of nitriles is 1. The van der Waals surface area contributed by atoms with Crippen LogP contribution in [0.25, 0.3) is 0 Å². The molecule has 4 nitrogen and oxygen atoms in total. The van der Waals surface area contributed by atoms with Gasteiger partial charge in [0, 0.05) is 6.04 Å². The molecule has 4 heteroatoms. The lowest BCUT2D eigenvalue weighted by atomic mass is 10.2. The number of rotatable bonds is 5. The minimum Gasteiger partial charge on any atom is -0.493 e. The Hall–Kier alpha value is -2.02. The standard InChI is InChI=1S/C13H16N2O2/c1-10(2)15-13(16)6-7-17-12-5-3-4-11(8-12)9-14/h3-5,8,10H,6-7H2,1-2H3,(H,15,16). The van der Waals surface area contributed by atoms with Gasteiger partial charge in [-0.2, -0.15) is 5.26 Å². The zero-order chi connectivity index (χ0) is 12.7. The van der Waals surface area contributed by atoms with Gasteiger partial charge in [0.25, 0.3) is 0 Å². The fourth-order valence-corrected chi connectivity index (χ4v) is 1.31. The highest BCUT2D eigenvalue weighted by atomic mass is 16.5. The third kappa shape index (κ3) is 5.03. The van der Waals surface area contributed by atoms with Gasteiger partial charge in [-0.1, -0.05) is 6.07 Å². The number of carbonyl (C=O) groups excluding carboxylic acids is 1. The van der Waals surface area contributed by atoms with Crippen molar-refractivity contribution >= 4 is 5.91 Å². The summed E-state index contributed by atoms with van der Waals surface area (Å²) in [6.45, 7) is 4.14. The van der Waals surface area contributed by atoms with Gasteiger partial charge in [-0.05, 0) is 32.0 Å². The Labute approximate surface area is 101 Å². The Balaban J connectivity index is 2.36. The van der Waals surface area contributed by atoms with Gasteiger partial charge in [0.2, 0.25) is 5.91 Å². The Kier molecular flexibility index (Phi) is 5.02. The molecule has 0 atom stereocenters. The van der Waals surface area contributed by atoms with E-state index in [0.717, 1.165) is 0 Å². The number of benzene rings is 1. The molecular formula is C13H16N2O2. The quantitative estimate of drug-likeness (QED) is 0.842. The highest BCUT2D eigenvalue weighted by Crippen LogP contribution is 2.12. The second-order valence-electron chi connectivity index (χ2n) is 3.96. The molecule has 0 radical (unpaired) electrons. The zero-order valence-corrected chi connectivity index (χ0v) is 10.1. The van der Waals surface area contributed by atoms with Crippen LogP contribution < -0.4 is 10.1 Å². The lowest BCUT2D eigenvalue weighted by Crippen LogP contribution is -2.31. The summed E-state index contributed by atoms with van der Waals surface area (Å²) in [6.07, 6.45) is 0.314. The molecule has 1 amide bonds. The molecule has 1 N–H and O–H groups in total. The maximum absolute atomic E-state index is 11.3. The highest BCUT2D eigenvalue weighted by molar-refractivity contribution is 5.76. The normalized spacial score (nSPS) is 9.76. The highest BCUT2D eigenvalue weighted by Gasteiger charge is 2.03. The van der Waals surface area contributed by atoms with E-state index in [1.165, 1.54) is 0 Å². The van der Waals surface area contributed by atoms with Crippen molar-refractivity contribution in [3.05, 3.63) is 29.8 Å². The third-order valence-electron chi connectivity index (χ3n) is 2.01. The summed E-state index contributed by atoms with van der Waals surface area (Å²) >= 11 is 0. The van der Waals surface area contributed by atoms with Crippen molar-refractivity contribution in [3.63, 3.8) is 0 Å². The van der Waals surface area contributed by atoms with Crippen molar-refractivity contribution in [1.82, 2.24) is 5.32 Å². The molecule has 0 aliphatic carbocycles. The number of carbonyl (C=O) groups is 1. The predicted molar refractivity (Wildman–Crippen MR) is 64.5 cm³/mol. The van der Waals surface area contributed by atoms with E-state index >= 15 is 0 Å². The van der Waals surface area contributed by atoms with E-state index in [4.69, 9.17) is 10.00 Å². The van der Waals surface area contributed by atoms with Gasteiger partial charge in [0.15, 0.2) is 0 Å². The van der Waals surface area contributed by atoms with Crippen LogP contribution in [-0.2, 0) is 4.79 Å². The Morgan fingerprint density at radius 1 is 1.53 bits per heavy atom. The van der Waals surface area contributed by atoms with Crippen molar-refractivity contribution in [2.75, 3.05) is 6.61 Å². The van der Waals surface area contributed by atoms with Gasteiger partial charge in [0.1, 0.15) is 5.75 Å². The third-order valence-corrected chi connectivity index (χ3v) is 2.01. The van der Waals surface area contributed by atoms with Crippen LogP contribution in [0, 0.1) is 11.3 Å². The average Bonchev–Trinajstić information content (AvgIpc) is 2.28. The van der Waals surface area contributed by atoms with Gasteiger partial charge in [-0.25, -0.2) is 0 Å². The summed E-state index contributed by atoms with van der Waals surface area (Å²) in [5.74, 6) is 0.581. The molecule has 0 saturated heterocycles. The van der Waals surface area contributed by atoms with Crippen molar-refractivity contribution in [3.8, 4) is 11.8 Å². The second-order valence-corrected chi connectivity index (χ2v) is 3.96. The molecule has 90 valence electrons. The number of nitrogens with zero attached hydrogens (tertiary/aromatic N) is 1. The van der Waals surface area contributed by atoms with Crippen molar-refractivity contribution in [2.24, 2.45) is 0 Å². The van der Waals surface area contributed by atoms with Crippen LogP contribution in [-0.4, -0.2) is 18.6 Å². The van der Waals surface area contributed by atoms with Crippen molar-refractivity contribution in [2.45, 2.75) is 26.3 Å². The van der Waals surface area contributed by atoms with E-state index < -0.39 is 0 Å². The van der Waals surface area contributed by atoms with E-state index in [1.54, 1.807) is 24.3 Å². The van der Waals surface area contributed by atoms with Crippen LogP contribution in [0.2, 0.25) is 0 Å². The first-order valence-electron chi connectivity index (χ1n) is 5.54. The van der Waals surface area contributed by atoms with E-state index in [2.05, 4.69) is 5.32 Å². The second kappa shape index (κ2) is 6.54. The first-order chi connectivity index (χ1) is 8.11. The summed E-state index contributed by atoms with van der Waals surface area (Å²) in [6, 6.07) is 9.05. The molecule has 0 aliphatic rings. The SMILES string of the molecule is CC(C)NC(=O)CCOc1cccc(C#N)c1. The number of ether oxygens (including phenoxy) is 1. The fourth-order valence-electron chi connectivity index (χ4n) is 1.31. The summed E-state index contributed by atoms with van der Waals surface area (Å²) in [5.41, 5.74) is 0.550. The fraction of sp³-hybridized carbons (Fsp3) is 0.385. The number of nitrogens with one attached hydrogen (secondary N) is 1. The lowest BCUT2D eigenvalue weighted by molar-refractivity contribution is -0.122. The van der Waals surface area contributed by atoms with Crippen LogP contribution >= 0.6 is 0 Å². The molecular weight excluding hydrogens is 216 g/mol. The smallest absolute Gasteiger partial charge is 0.223 e. The molecule has 0 unspecified atom stereocenters. The van der Waals surface area contributed by atoms with Gasteiger partial charge < -0.3 is 10.1 Å². The molecule has 0 aromatic heterocycles. The van der Waals surface area contributed by atoms with E-state index in [9.17, 15) is 4.79 Å². The minimum atomic E-state index is -0.0311. The first kappa shape index (κ1) is 13.0. The molecule has 1 rings (SSSR count). The number of hydrogen-bond donors (Lipinski definition) is 1. The number of amides is 1. The van der Waals surface area contributed by atoms with Crippen LogP contribution in [0.4, 0.5) is 0 Å². The Morgan fingerprint density at radius 2 is 2.29 bits per heavy atom. The largest absolute Gasteiger partial charge is 0.493 e. The predicted octanol–water partition coefficient (Wildman–Crippen LogP) is 1.85. The van der Waals surface area contributed by atoms with Crippen molar-refractivity contribution in [1.29, 1.82) is 5.26 Å². The number of hydrogen-bond acceptors (Lipinski definition) is 3. The first-order valence-corrected chi connectivity index (χ1v) is 5.54. The maximum Gasteiger partial charge on any atom is 0.223 e. The van der Waals surface area contributed by atoms with Crippen LogP contribution in [0.1, 0.15) is 25.8 Å². The van der Waals surface area contributed by atoms with E-state index in [1.807, 2.05) is 19.9 Å². The lowest BCUT2D eigenvalue weighted by Gasteiger charge is -2.09. The molecule has 0 spiro atoms. The molecule has 1 aromatic rings. The van der Waals surface area contributed by atoms with Gasteiger partial charge >= 0.3 is 0 Å². The van der Waals surface area contributed by atoms with Gasteiger partial charge in [0.05, 0.1) is 24.7 Å². The minimum absolute atomic E-state index is 0.0311. The van der Waals surface area contributed by atoms with Gasteiger partial charge in [-0.15, -0.1) is 0 Å². The van der Waals surface area contributed by atoms with Crippen LogP contribution in [0.15, 0.2) is 24.3 Å². The molecule has 0 bridgehead atoms. The Morgan fingerprint density at radius 3 is 2.94 bits per heavy atom. The van der Waals surface area contributed by atoms with Crippen LogP contribution in [0.5, 0.6) is 5.75 Å². The topological polar surface area (TPSA) is 62.1 Å². The maximum atomic E-state index is 11.3. The summed E-state index contributed by atoms with van der Waals surface area (Å²) in [5, 5.41) is 11.5. The van der Waals surface area contributed by atoms with Gasteiger partial charge in [-0.3, -0.25) is 4.79 Å². The van der Waals surface area contributed by atoms with E-state index in [-0.39, 0.29) is 11.9 Å². The summed E-state index contributed by atoms with van der Waals surface area (Å²) < 4.78 is 5.39. The summed E-state index contributed by atoms with van der Waals surface area (Å²) in [7, 11) is 0. The molecule has 0 aliphatic heterocycles. The monoisotopic (exact) mass is 232 g/mol. The molecule has 0 saturated carbocycles. The van der Waals surface area contributed by atoms with Crippen LogP contribution in [0.3, 0.4) is 0 Å². The molecule has 1 aromatic carbocycles. The van der Waals surface area contributed by atoms with Crippen molar-refractivity contribution < 1.29 is 9.53 Å². The Bertz CT molecular complexity index is 422. The average molecular weight is 232 g/mol. The summed E-state index contributed by atoms with van der Waals surface area (Å²) in [4.78, 5) is 11.3. The molecule has 0 heterocycles.